The van der Waals surface area contributed by atoms with E-state index in [0.29, 0.717) is 12.3 Å². The second kappa shape index (κ2) is 5.47. The van der Waals surface area contributed by atoms with E-state index in [9.17, 15) is 4.39 Å². The van der Waals surface area contributed by atoms with Gasteiger partial charge in [-0.2, -0.15) is 15.0 Å². The molecule has 0 fully saturated rings. The van der Waals surface area contributed by atoms with Gasteiger partial charge < -0.3 is 15.8 Å². The molecule has 100 valence electrons. The Morgan fingerprint density at radius 2 is 2.11 bits per heavy atom. The zero-order valence-electron chi connectivity index (χ0n) is 10.6. The summed E-state index contributed by atoms with van der Waals surface area (Å²) >= 11 is 0. The van der Waals surface area contributed by atoms with Crippen LogP contribution in [0.3, 0.4) is 0 Å². The first kappa shape index (κ1) is 13.0. The maximum atomic E-state index is 13.7. The van der Waals surface area contributed by atoms with E-state index in [4.69, 9.17) is 10.5 Å². The van der Waals surface area contributed by atoms with Crippen LogP contribution < -0.4 is 15.8 Å². The van der Waals surface area contributed by atoms with Gasteiger partial charge in [0.25, 0.3) is 0 Å². The van der Waals surface area contributed by atoms with Gasteiger partial charge in [0.05, 0.1) is 12.3 Å². The smallest absolute Gasteiger partial charge is 0.323 e. The van der Waals surface area contributed by atoms with Crippen molar-refractivity contribution in [1.82, 2.24) is 15.0 Å². The fraction of sp³-hybridized carbons (Fsp3) is 0.250. The van der Waals surface area contributed by atoms with E-state index in [-0.39, 0.29) is 17.9 Å². The molecule has 0 spiro atoms. The first-order valence-corrected chi connectivity index (χ1v) is 5.76. The maximum absolute atomic E-state index is 13.7. The second-order valence-electron chi connectivity index (χ2n) is 3.79. The average molecular weight is 263 g/mol. The molecule has 1 heterocycles. The van der Waals surface area contributed by atoms with Gasteiger partial charge in [-0.25, -0.2) is 4.39 Å². The van der Waals surface area contributed by atoms with Crippen molar-refractivity contribution in [2.75, 3.05) is 17.7 Å². The molecule has 7 heteroatoms. The molecule has 6 nitrogen and oxygen atoms in total. The van der Waals surface area contributed by atoms with Crippen molar-refractivity contribution >= 4 is 17.6 Å². The van der Waals surface area contributed by atoms with Gasteiger partial charge in [-0.15, -0.1) is 0 Å². The minimum absolute atomic E-state index is 0.00921. The minimum atomic E-state index is -0.392. The highest BCUT2D eigenvalue weighted by molar-refractivity contribution is 5.59. The Balaban J connectivity index is 2.33. The van der Waals surface area contributed by atoms with Gasteiger partial charge in [-0.05, 0) is 25.5 Å². The molecule has 0 saturated heterocycles. The molecular weight excluding hydrogens is 249 g/mol. The summed E-state index contributed by atoms with van der Waals surface area (Å²) in [6, 6.07) is 4.86. The van der Waals surface area contributed by atoms with E-state index in [2.05, 4.69) is 20.3 Å². The summed E-state index contributed by atoms with van der Waals surface area (Å²) in [5, 5.41) is 2.78. The van der Waals surface area contributed by atoms with Gasteiger partial charge in [0.2, 0.25) is 11.9 Å². The van der Waals surface area contributed by atoms with Crippen molar-refractivity contribution in [2.45, 2.75) is 13.8 Å². The molecule has 0 aliphatic carbocycles. The largest absolute Gasteiger partial charge is 0.464 e. The molecule has 0 radical (unpaired) electrons. The van der Waals surface area contributed by atoms with Crippen LogP contribution in [0.25, 0.3) is 0 Å². The molecule has 1 aromatic carbocycles. The number of halogens is 1. The van der Waals surface area contributed by atoms with Crippen molar-refractivity contribution in [3.8, 4) is 6.01 Å². The molecule has 3 N–H and O–H groups in total. The number of aromatic nitrogens is 3. The van der Waals surface area contributed by atoms with Crippen LogP contribution in [0, 0.1) is 12.7 Å². The standard InChI is InChI=1S/C12H14FN5O/c1-3-19-12-17-10(14)16-11(18-12)15-9-7(2)5-4-6-8(9)13/h4-6H,3H2,1-2H3,(H3,14,15,16,17,18). The first-order valence-electron chi connectivity index (χ1n) is 5.76. The lowest BCUT2D eigenvalue weighted by Gasteiger charge is -2.10. The van der Waals surface area contributed by atoms with E-state index in [0.717, 1.165) is 5.56 Å². The highest BCUT2D eigenvalue weighted by atomic mass is 19.1. The number of para-hydroxylation sites is 1. The van der Waals surface area contributed by atoms with Crippen LogP contribution in [0.4, 0.5) is 22.0 Å². The lowest BCUT2D eigenvalue weighted by Crippen LogP contribution is -2.07. The Morgan fingerprint density at radius 3 is 2.79 bits per heavy atom. The molecular formula is C12H14FN5O. The fourth-order valence-corrected chi connectivity index (χ4v) is 1.52. The van der Waals surface area contributed by atoms with Crippen LogP contribution >= 0.6 is 0 Å². The molecule has 0 atom stereocenters. The lowest BCUT2D eigenvalue weighted by atomic mass is 10.2. The summed E-state index contributed by atoms with van der Waals surface area (Å²) in [6.07, 6.45) is 0. The van der Waals surface area contributed by atoms with Crippen LogP contribution in [0.2, 0.25) is 0 Å². The molecule has 0 bridgehead atoms. The summed E-state index contributed by atoms with van der Waals surface area (Å²) in [5.74, 6) is -0.240. The topological polar surface area (TPSA) is 86.0 Å². The predicted octanol–water partition coefficient (Wildman–Crippen LogP) is 2.04. The van der Waals surface area contributed by atoms with Gasteiger partial charge in [-0.3, -0.25) is 0 Å². The summed E-state index contributed by atoms with van der Waals surface area (Å²) in [7, 11) is 0. The number of ether oxygens (including phenoxy) is 1. The molecule has 0 amide bonds. The molecule has 2 rings (SSSR count). The van der Waals surface area contributed by atoms with Crippen molar-refractivity contribution in [1.29, 1.82) is 0 Å². The number of nitrogens with two attached hydrogens (primary N) is 1. The highest BCUT2D eigenvalue weighted by Crippen LogP contribution is 2.22. The van der Waals surface area contributed by atoms with Gasteiger partial charge in [0.15, 0.2) is 0 Å². The Bertz CT molecular complexity index is 570. The number of aryl methyl sites for hydroxylation is 1. The number of nitrogens with zero attached hydrogens (tertiary/aromatic N) is 3. The summed E-state index contributed by atoms with van der Waals surface area (Å²) < 4.78 is 18.8. The zero-order chi connectivity index (χ0) is 13.8. The van der Waals surface area contributed by atoms with Crippen LogP contribution in [0.5, 0.6) is 6.01 Å². The summed E-state index contributed by atoms with van der Waals surface area (Å²) in [5.41, 5.74) is 6.58. The lowest BCUT2D eigenvalue weighted by molar-refractivity contribution is 0.312. The normalized spacial score (nSPS) is 10.3. The van der Waals surface area contributed by atoms with Gasteiger partial charge in [0, 0.05) is 0 Å². The van der Waals surface area contributed by atoms with Gasteiger partial charge in [0.1, 0.15) is 5.82 Å². The molecule has 2 aromatic rings. The number of nitrogens with one attached hydrogen (secondary N) is 1. The van der Waals surface area contributed by atoms with E-state index in [1.807, 2.05) is 0 Å². The average Bonchev–Trinajstić information content (AvgIpc) is 2.34. The summed E-state index contributed by atoms with van der Waals surface area (Å²) in [4.78, 5) is 11.7. The monoisotopic (exact) mass is 263 g/mol. The SMILES string of the molecule is CCOc1nc(N)nc(Nc2c(C)cccc2F)n1. The minimum Gasteiger partial charge on any atom is -0.464 e. The van der Waals surface area contributed by atoms with Crippen molar-refractivity contribution in [3.63, 3.8) is 0 Å². The number of rotatable bonds is 4. The Labute approximate surface area is 109 Å². The Hall–Kier alpha value is -2.44. The van der Waals surface area contributed by atoms with E-state index in [1.54, 1.807) is 26.0 Å². The molecule has 0 unspecified atom stereocenters. The predicted molar refractivity (Wildman–Crippen MR) is 69.8 cm³/mol. The van der Waals surface area contributed by atoms with Crippen LogP contribution in [0.1, 0.15) is 12.5 Å². The van der Waals surface area contributed by atoms with Gasteiger partial charge >= 0.3 is 6.01 Å². The van der Waals surface area contributed by atoms with Crippen molar-refractivity contribution < 1.29 is 9.13 Å². The maximum Gasteiger partial charge on any atom is 0.323 e. The summed E-state index contributed by atoms with van der Waals surface area (Å²) in [6.45, 7) is 3.98. The Morgan fingerprint density at radius 1 is 1.32 bits per heavy atom. The van der Waals surface area contributed by atoms with Gasteiger partial charge in [-0.1, -0.05) is 12.1 Å². The van der Waals surface area contributed by atoms with E-state index < -0.39 is 5.82 Å². The Kier molecular flexibility index (Phi) is 3.74. The third-order valence-corrected chi connectivity index (χ3v) is 2.36. The van der Waals surface area contributed by atoms with Crippen molar-refractivity contribution in [2.24, 2.45) is 0 Å². The van der Waals surface area contributed by atoms with Crippen LogP contribution in [-0.4, -0.2) is 21.6 Å². The van der Waals surface area contributed by atoms with E-state index >= 15 is 0 Å². The third kappa shape index (κ3) is 3.06. The molecule has 0 saturated carbocycles. The molecule has 1 aromatic heterocycles. The van der Waals surface area contributed by atoms with Crippen LogP contribution in [0.15, 0.2) is 18.2 Å². The van der Waals surface area contributed by atoms with Crippen molar-refractivity contribution in [3.05, 3.63) is 29.6 Å². The second-order valence-corrected chi connectivity index (χ2v) is 3.79. The number of anilines is 3. The quantitative estimate of drug-likeness (QED) is 0.878. The third-order valence-electron chi connectivity index (χ3n) is 2.36. The number of hydrogen-bond acceptors (Lipinski definition) is 6. The zero-order valence-corrected chi connectivity index (χ0v) is 10.6. The van der Waals surface area contributed by atoms with Crippen LogP contribution in [-0.2, 0) is 0 Å². The molecule has 0 aliphatic rings. The highest BCUT2D eigenvalue weighted by Gasteiger charge is 2.10. The molecule has 19 heavy (non-hydrogen) atoms. The number of benzene rings is 1. The number of nitrogen functional groups attached to an aromatic ring is 1. The number of hydrogen-bond donors (Lipinski definition) is 2. The van der Waals surface area contributed by atoms with E-state index in [1.165, 1.54) is 6.07 Å². The first-order chi connectivity index (χ1) is 9.10. The molecule has 0 aliphatic heterocycles. The fourth-order valence-electron chi connectivity index (χ4n) is 1.52.